The maximum atomic E-state index is 12.1. The molecule has 0 aliphatic carbocycles. The molecule has 8 nitrogen and oxygen atoms in total. The van der Waals surface area contributed by atoms with E-state index in [4.69, 9.17) is 0 Å². The van der Waals surface area contributed by atoms with Gasteiger partial charge in [-0.05, 0) is 38.9 Å². The van der Waals surface area contributed by atoms with Gasteiger partial charge in [0.1, 0.15) is 0 Å². The Balaban J connectivity index is 1.92. The second-order valence-corrected chi connectivity index (χ2v) is 8.07. The van der Waals surface area contributed by atoms with Crippen molar-refractivity contribution < 1.29 is 13.2 Å². The molecule has 1 amide bonds. The molecular weight excluding hydrogens is 314 g/mol. The maximum absolute atomic E-state index is 12.1. The molecule has 1 aliphatic rings. The second kappa shape index (κ2) is 6.77. The number of likely N-dealkylation sites (tertiary alicyclic amines) is 1. The van der Waals surface area contributed by atoms with E-state index in [2.05, 4.69) is 32.2 Å². The highest BCUT2D eigenvalue weighted by Crippen LogP contribution is 2.21. The number of hydrogen-bond acceptors (Lipinski definition) is 7. The first kappa shape index (κ1) is 16.3. The van der Waals surface area contributed by atoms with E-state index in [1.807, 2.05) is 0 Å². The number of amides is 1. The molecule has 1 saturated heterocycles. The van der Waals surface area contributed by atoms with Gasteiger partial charge in [0.15, 0.2) is 0 Å². The van der Waals surface area contributed by atoms with Gasteiger partial charge in [-0.3, -0.25) is 4.79 Å². The molecule has 0 atom stereocenters. The molecule has 0 spiro atoms. The van der Waals surface area contributed by atoms with Gasteiger partial charge in [-0.1, -0.05) is 11.3 Å². The third-order valence-corrected chi connectivity index (χ3v) is 5.95. The Morgan fingerprint density at radius 3 is 2.67 bits per heavy atom. The van der Waals surface area contributed by atoms with Crippen molar-refractivity contribution >= 4 is 32.4 Å². The highest BCUT2D eigenvalue weighted by Gasteiger charge is 2.23. The molecule has 2 rings (SSSR count). The van der Waals surface area contributed by atoms with Gasteiger partial charge in [0, 0.05) is 13.5 Å². The number of sulfonamides is 1. The largest absolute Gasteiger partial charge is 0.306 e. The van der Waals surface area contributed by atoms with Gasteiger partial charge in [0.05, 0.1) is 0 Å². The number of nitrogens with one attached hydrogen (secondary N) is 2. The number of anilines is 1. The van der Waals surface area contributed by atoms with Gasteiger partial charge >= 0.3 is 0 Å². The van der Waals surface area contributed by atoms with Crippen molar-refractivity contribution in [3.05, 3.63) is 0 Å². The molecular formula is C11H19N5O3S2. The first-order valence-electron chi connectivity index (χ1n) is 6.66. The maximum Gasteiger partial charge on any atom is 0.269 e. The molecule has 0 unspecified atom stereocenters. The fourth-order valence-electron chi connectivity index (χ4n) is 2.07. The van der Waals surface area contributed by atoms with Gasteiger partial charge in [-0.2, -0.15) is 0 Å². The lowest BCUT2D eigenvalue weighted by atomic mass is 9.98. The van der Waals surface area contributed by atoms with E-state index in [0.29, 0.717) is 12.5 Å². The molecule has 0 aromatic carbocycles. The minimum Gasteiger partial charge on any atom is -0.306 e. The Morgan fingerprint density at radius 2 is 2.05 bits per heavy atom. The quantitative estimate of drug-likeness (QED) is 0.742. The van der Waals surface area contributed by atoms with Crippen LogP contribution in [0.25, 0.3) is 0 Å². The SMILES string of the molecule is CC(=O)Nc1nnc(S(=O)(=O)NCC2CCN(C)CC2)s1. The molecule has 21 heavy (non-hydrogen) atoms. The number of hydrogen-bond donors (Lipinski definition) is 2. The number of nitrogens with zero attached hydrogens (tertiary/aromatic N) is 3. The summed E-state index contributed by atoms with van der Waals surface area (Å²) in [6.45, 7) is 3.70. The summed E-state index contributed by atoms with van der Waals surface area (Å²) in [4.78, 5) is 13.1. The lowest BCUT2D eigenvalue weighted by Gasteiger charge is -2.28. The minimum absolute atomic E-state index is 0.126. The fraction of sp³-hybridized carbons (Fsp3) is 0.727. The van der Waals surface area contributed by atoms with E-state index >= 15 is 0 Å². The van der Waals surface area contributed by atoms with Gasteiger partial charge < -0.3 is 10.2 Å². The zero-order valence-corrected chi connectivity index (χ0v) is 13.6. The molecule has 1 fully saturated rings. The first-order valence-corrected chi connectivity index (χ1v) is 8.96. The van der Waals surface area contributed by atoms with Crippen LogP contribution in [0.15, 0.2) is 4.34 Å². The predicted octanol–water partition coefficient (Wildman–Crippen LogP) is 0.117. The predicted molar refractivity (Wildman–Crippen MR) is 79.6 cm³/mol. The normalized spacial score (nSPS) is 17.8. The summed E-state index contributed by atoms with van der Waals surface area (Å²) in [7, 11) is -1.60. The molecule has 1 aliphatic heterocycles. The van der Waals surface area contributed by atoms with Gasteiger partial charge in [0.2, 0.25) is 15.4 Å². The summed E-state index contributed by atoms with van der Waals surface area (Å²) in [5.41, 5.74) is 0. The van der Waals surface area contributed by atoms with Crippen molar-refractivity contribution in [3.63, 3.8) is 0 Å². The standard InChI is InChI=1S/C11H19N5O3S2/c1-8(17)13-10-14-15-11(20-10)21(18,19)12-7-9-3-5-16(2)6-4-9/h9,12H,3-7H2,1-2H3,(H,13,14,17). The molecule has 10 heteroatoms. The highest BCUT2D eigenvalue weighted by molar-refractivity contribution is 7.91. The zero-order valence-electron chi connectivity index (χ0n) is 12.0. The van der Waals surface area contributed by atoms with E-state index in [9.17, 15) is 13.2 Å². The number of piperidine rings is 1. The van der Waals surface area contributed by atoms with Crippen molar-refractivity contribution in [2.75, 3.05) is 32.0 Å². The second-order valence-electron chi connectivity index (χ2n) is 5.15. The van der Waals surface area contributed by atoms with Crippen LogP contribution in [0, 0.1) is 5.92 Å². The fourth-order valence-corrected chi connectivity index (χ4v) is 4.18. The average Bonchev–Trinajstić information content (AvgIpc) is 2.86. The Hall–Kier alpha value is -1.10. The summed E-state index contributed by atoms with van der Waals surface area (Å²) in [6.07, 6.45) is 1.96. The summed E-state index contributed by atoms with van der Waals surface area (Å²) in [5, 5.41) is 9.85. The molecule has 2 N–H and O–H groups in total. The third kappa shape index (κ3) is 4.70. The van der Waals surface area contributed by atoms with Crippen LogP contribution in [-0.2, 0) is 14.8 Å². The Kier molecular flexibility index (Phi) is 5.25. The van der Waals surface area contributed by atoms with Crippen molar-refractivity contribution in [1.29, 1.82) is 0 Å². The molecule has 1 aromatic heterocycles. The van der Waals surface area contributed by atoms with Gasteiger partial charge in [0.25, 0.3) is 10.0 Å². The van der Waals surface area contributed by atoms with Crippen LogP contribution in [0.5, 0.6) is 0 Å². The molecule has 0 radical (unpaired) electrons. The van der Waals surface area contributed by atoms with Crippen LogP contribution in [-0.4, -0.2) is 56.1 Å². The summed E-state index contributed by atoms with van der Waals surface area (Å²) >= 11 is 0.842. The van der Waals surface area contributed by atoms with E-state index in [-0.39, 0.29) is 15.4 Å². The Morgan fingerprint density at radius 1 is 1.38 bits per heavy atom. The number of aromatic nitrogens is 2. The summed E-state index contributed by atoms with van der Waals surface area (Å²) in [6, 6.07) is 0. The van der Waals surface area contributed by atoms with Crippen LogP contribution < -0.4 is 10.0 Å². The van der Waals surface area contributed by atoms with E-state index in [1.54, 1.807) is 0 Å². The highest BCUT2D eigenvalue weighted by atomic mass is 32.2. The van der Waals surface area contributed by atoms with Crippen molar-refractivity contribution in [1.82, 2.24) is 19.8 Å². The third-order valence-electron chi connectivity index (χ3n) is 3.32. The van der Waals surface area contributed by atoms with E-state index in [1.165, 1.54) is 6.92 Å². The van der Waals surface area contributed by atoms with Crippen LogP contribution in [0.4, 0.5) is 5.13 Å². The summed E-state index contributed by atoms with van der Waals surface area (Å²) in [5.74, 6) is 0.0353. The van der Waals surface area contributed by atoms with Crippen molar-refractivity contribution in [2.24, 2.45) is 5.92 Å². The van der Waals surface area contributed by atoms with Crippen LogP contribution in [0.2, 0.25) is 0 Å². The number of rotatable bonds is 5. The van der Waals surface area contributed by atoms with Crippen LogP contribution in [0.3, 0.4) is 0 Å². The lowest BCUT2D eigenvalue weighted by molar-refractivity contribution is -0.114. The molecule has 1 aromatic rings. The smallest absolute Gasteiger partial charge is 0.269 e. The molecule has 118 valence electrons. The van der Waals surface area contributed by atoms with Crippen LogP contribution >= 0.6 is 11.3 Å². The van der Waals surface area contributed by atoms with E-state index < -0.39 is 10.0 Å². The molecule has 2 heterocycles. The topological polar surface area (TPSA) is 104 Å². The Labute approximate surface area is 128 Å². The number of carbonyl (C=O) groups excluding carboxylic acids is 1. The van der Waals surface area contributed by atoms with Gasteiger partial charge in [-0.25, -0.2) is 13.1 Å². The lowest BCUT2D eigenvalue weighted by Crippen LogP contribution is -2.36. The minimum atomic E-state index is -3.66. The average molecular weight is 333 g/mol. The summed E-state index contributed by atoms with van der Waals surface area (Å²) < 4.78 is 26.7. The van der Waals surface area contributed by atoms with Crippen molar-refractivity contribution in [3.8, 4) is 0 Å². The van der Waals surface area contributed by atoms with Crippen molar-refractivity contribution in [2.45, 2.75) is 24.1 Å². The Bertz CT molecular complexity index is 593. The first-order chi connectivity index (χ1) is 9.87. The van der Waals surface area contributed by atoms with Crippen LogP contribution in [0.1, 0.15) is 19.8 Å². The zero-order chi connectivity index (χ0) is 15.5. The van der Waals surface area contributed by atoms with E-state index in [0.717, 1.165) is 37.3 Å². The monoisotopic (exact) mass is 333 g/mol. The van der Waals surface area contributed by atoms with Gasteiger partial charge in [-0.15, -0.1) is 10.2 Å². The molecule has 0 bridgehead atoms. The number of carbonyl (C=O) groups is 1. The molecule has 0 saturated carbocycles.